The number of likely N-dealkylation sites (tertiary alicyclic amines) is 1. The highest BCUT2D eigenvalue weighted by Crippen LogP contribution is 2.56. The van der Waals surface area contributed by atoms with Crippen LogP contribution in [-0.4, -0.2) is 50.8 Å². The molecule has 1 heterocycles. The molecule has 2 aromatic carbocycles. The molecule has 39 heavy (non-hydrogen) atoms. The standard InChI is InChI=1S/C25H24F8N2O3S/c1-2-34-21(36)35-13-12-22(39(37,38)18-9-7-17(26)8-10-18)19-11-6-16(14-15(19)4-3-5-20(22)35)23(27,24(28,29)30)25(31,32)33/h6-11,14,20H,2-5,12-13H2,1H3,(H,34,36)/t20-,22-/m1/s1. The molecule has 1 fully saturated rings. The predicted molar refractivity (Wildman–Crippen MR) is 124 cm³/mol. The summed E-state index contributed by atoms with van der Waals surface area (Å²) in [6, 6.07) is 3.70. The molecule has 2 aromatic rings. The molecule has 0 radical (unpaired) electrons. The van der Waals surface area contributed by atoms with Crippen LogP contribution in [0.15, 0.2) is 47.4 Å². The molecule has 0 saturated carbocycles. The van der Waals surface area contributed by atoms with Gasteiger partial charge in [0.05, 0.1) is 10.9 Å². The summed E-state index contributed by atoms with van der Waals surface area (Å²) in [5, 5.41) is 2.59. The number of benzene rings is 2. The number of fused-ring (bicyclic) bond motifs is 3. The molecule has 1 aliphatic carbocycles. The number of hydrogen-bond acceptors (Lipinski definition) is 3. The van der Waals surface area contributed by atoms with Gasteiger partial charge in [0.15, 0.2) is 9.84 Å². The number of nitrogens with one attached hydrogen (secondary N) is 1. The molecule has 0 bridgehead atoms. The largest absolute Gasteiger partial charge is 0.435 e. The molecule has 2 aliphatic rings. The molecule has 1 N–H and O–H groups in total. The highest BCUT2D eigenvalue weighted by Gasteiger charge is 2.73. The van der Waals surface area contributed by atoms with Crippen molar-refractivity contribution in [1.29, 1.82) is 0 Å². The van der Waals surface area contributed by atoms with Gasteiger partial charge < -0.3 is 10.2 Å². The number of sulfone groups is 1. The van der Waals surface area contributed by atoms with Gasteiger partial charge in [-0.1, -0.05) is 18.2 Å². The van der Waals surface area contributed by atoms with E-state index in [1.165, 1.54) is 4.90 Å². The number of nitrogens with zero attached hydrogens (tertiary/aromatic N) is 1. The van der Waals surface area contributed by atoms with Crippen molar-refractivity contribution >= 4 is 15.9 Å². The minimum Gasteiger partial charge on any atom is -0.338 e. The van der Waals surface area contributed by atoms with Crippen LogP contribution in [0, 0.1) is 5.82 Å². The molecule has 5 nitrogen and oxygen atoms in total. The van der Waals surface area contributed by atoms with E-state index in [0.29, 0.717) is 12.1 Å². The lowest BCUT2D eigenvalue weighted by atomic mass is 9.84. The fraction of sp³-hybridized carbons (Fsp3) is 0.480. The third-order valence-corrected chi connectivity index (χ3v) is 10.0. The number of alkyl halides is 7. The van der Waals surface area contributed by atoms with Crippen molar-refractivity contribution in [3.8, 4) is 0 Å². The quantitative estimate of drug-likeness (QED) is 0.358. The summed E-state index contributed by atoms with van der Waals surface area (Å²) in [5.74, 6) is -0.733. The fourth-order valence-corrected chi connectivity index (χ4v) is 8.11. The summed E-state index contributed by atoms with van der Waals surface area (Å²) in [5.41, 5.74) is -7.72. The van der Waals surface area contributed by atoms with Gasteiger partial charge in [-0.3, -0.25) is 0 Å². The summed E-state index contributed by atoms with van der Waals surface area (Å²) < 4.78 is 136. The van der Waals surface area contributed by atoms with E-state index in [4.69, 9.17) is 0 Å². The summed E-state index contributed by atoms with van der Waals surface area (Å²) in [7, 11) is -4.53. The molecule has 2 amide bonds. The monoisotopic (exact) mass is 584 g/mol. The van der Waals surface area contributed by atoms with Gasteiger partial charge >= 0.3 is 24.1 Å². The van der Waals surface area contributed by atoms with Crippen molar-refractivity contribution in [3.05, 3.63) is 65.0 Å². The van der Waals surface area contributed by atoms with Gasteiger partial charge in [-0.2, -0.15) is 26.3 Å². The molecule has 0 spiro atoms. The molecule has 0 unspecified atom stereocenters. The smallest absolute Gasteiger partial charge is 0.338 e. The van der Waals surface area contributed by atoms with Crippen molar-refractivity contribution in [3.63, 3.8) is 0 Å². The highest BCUT2D eigenvalue weighted by atomic mass is 32.2. The van der Waals surface area contributed by atoms with Crippen molar-refractivity contribution in [2.45, 2.75) is 66.3 Å². The Hall–Kier alpha value is -2.90. The van der Waals surface area contributed by atoms with Crippen molar-refractivity contribution < 1.29 is 48.3 Å². The number of amides is 2. The van der Waals surface area contributed by atoms with Crippen LogP contribution in [0.1, 0.15) is 42.9 Å². The predicted octanol–water partition coefficient (Wildman–Crippen LogP) is 5.92. The van der Waals surface area contributed by atoms with Crippen LogP contribution in [-0.2, 0) is 26.7 Å². The lowest BCUT2D eigenvalue weighted by Gasteiger charge is -2.38. The molecule has 214 valence electrons. The molecule has 0 aromatic heterocycles. The average Bonchev–Trinajstić information content (AvgIpc) is 3.15. The van der Waals surface area contributed by atoms with Gasteiger partial charge in [0.2, 0.25) is 0 Å². The van der Waals surface area contributed by atoms with E-state index in [2.05, 4.69) is 5.32 Å². The third kappa shape index (κ3) is 4.34. The van der Waals surface area contributed by atoms with Crippen molar-refractivity contribution in [2.24, 2.45) is 0 Å². The minimum atomic E-state index is -6.34. The van der Waals surface area contributed by atoms with Gasteiger partial charge in [0.1, 0.15) is 10.6 Å². The first-order valence-electron chi connectivity index (χ1n) is 12.0. The Morgan fingerprint density at radius 3 is 2.21 bits per heavy atom. The van der Waals surface area contributed by atoms with E-state index in [1.807, 2.05) is 0 Å². The first-order valence-corrected chi connectivity index (χ1v) is 13.5. The maximum Gasteiger partial charge on any atom is 0.435 e. The average molecular weight is 585 g/mol. The Morgan fingerprint density at radius 1 is 1.03 bits per heavy atom. The van der Waals surface area contributed by atoms with Crippen LogP contribution in [0.5, 0.6) is 0 Å². The summed E-state index contributed by atoms with van der Waals surface area (Å²) in [6.07, 6.45) is -12.9. The molecule has 2 atom stereocenters. The number of aryl methyl sites for hydroxylation is 1. The number of carbonyl (C=O) groups is 1. The Kier molecular flexibility index (Phi) is 7.18. The van der Waals surface area contributed by atoms with Crippen LogP contribution < -0.4 is 5.32 Å². The molecular formula is C25H24F8N2O3S. The zero-order valence-electron chi connectivity index (χ0n) is 20.5. The van der Waals surface area contributed by atoms with Crippen molar-refractivity contribution in [2.75, 3.05) is 13.1 Å². The number of carbonyl (C=O) groups excluding carboxylic acids is 1. The number of hydrogen-bond donors (Lipinski definition) is 1. The lowest BCUT2D eigenvalue weighted by Crippen LogP contribution is -2.52. The molecular weight excluding hydrogens is 560 g/mol. The van der Waals surface area contributed by atoms with Crippen LogP contribution in [0.2, 0.25) is 0 Å². The third-order valence-electron chi connectivity index (χ3n) is 7.49. The van der Waals surface area contributed by atoms with E-state index < -0.39 is 56.1 Å². The van der Waals surface area contributed by atoms with Gasteiger partial charge in [0, 0.05) is 18.7 Å². The zero-order valence-corrected chi connectivity index (χ0v) is 21.3. The second-order valence-corrected chi connectivity index (χ2v) is 11.8. The minimum absolute atomic E-state index is 0.0425. The second kappa shape index (κ2) is 9.63. The van der Waals surface area contributed by atoms with E-state index in [-0.39, 0.29) is 54.8 Å². The molecule has 14 heteroatoms. The topological polar surface area (TPSA) is 66.5 Å². The normalized spacial score (nSPS) is 22.2. The van der Waals surface area contributed by atoms with Crippen LogP contribution in [0.4, 0.5) is 39.9 Å². The Balaban J connectivity index is 1.99. The number of urea groups is 1. The van der Waals surface area contributed by atoms with Crippen molar-refractivity contribution in [1.82, 2.24) is 10.2 Å². The summed E-state index contributed by atoms with van der Waals surface area (Å²) in [4.78, 5) is 13.8. The first kappa shape index (κ1) is 29.1. The van der Waals surface area contributed by atoms with E-state index in [1.54, 1.807) is 6.92 Å². The van der Waals surface area contributed by atoms with E-state index >= 15 is 0 Å². The second-order valence-electron chi connectivity index (χ2n) is 9.56. The number of rotatable bonds is 4. The van der Waals surface area contributed by atoms with Crippen LogP contribution >= 0.6 is 0 Å². The maximum absolute atomic E-state index is 14.9. The van der Waals surface area contributed by atoms with Gasteiger partial charge in [0.25, 0.3) is 0 Å². The lowest BCUT2D eigenvalue weighted by molar-refractivity contribution is -0.348. The van der Waals surface area contributed by atoms with E-state index in [9.17, 15) is 48.3 Å². The van der Waals surface area contributed by atoms with E-state index in [0.717, 1.165) is 30.3 Å². The van der Waals surface area contributed by atoms with Gasteiger partial charge in [-0.05, 0) is 68.0 Å². The highest BCUT2D eigenvalue weighted by molar-refractivity contribution is 7.92. The fourth-order valence-electron chi connectivity index (χ4n) is 5.74. The summed E-state index contributed by atoms with van der Waals surface area (Å²) >= 11 is 0. The Labute approximate surface area is 219 Å². The molecule has 4 rings (SSSR count). The zero-order chi connectivity index (χ0) is 29.0. The van der Waals surface area contributed by atoms with Crippen LogP contribution in [0.25, 0.3) is 0 Å². The first-order chi connectivity index (χ1) is 18.0. The summed E-state index contributed by atoms with van der Waals surface area (Å²) in [6.45, 7) is 1.77. The molecule has 1 aliphatic heterocycles. The Bertz CT molecular complexity index is 1340. The van der Waals surface area contributed by atoms with Crippen LogP contribution in [0.3, 0.4) is 0 Å². The maximum atomic E-state index is 14.9. The molecule has 1 saturated heterocycles. The van der Waals surface area contributed by atoms with Gasteiger partial charge in [-0.25, -0.2) is 22.0 Å². The van der Waals surface area contributed by atoms with Gasteiger partial charge in [-0.15, -0.1) is 0 Å². The number of halogens is 8. The SMILES string of the molecule is CCNC(=O)N1CC[C@@]2(S(=O)(=O)c3ccc(F)cc3)c3ccc(C(F)(C(F)(F)F)C(F)(F)F)cc3CCC[C@@H]12. The Morgan fingerprint density at radius 2 is 1.64 bits per heavy atom.